The van der Waals surface area contributed by atoms with Gasteiger partial charge in [0.1, 0.15) is 5.92 Å². The number of morpholine rings is 1. The van der Waals surface area contributed by atoms with Crippen molar-refractivity contribution < 1.29 is 14.5 Å². The standard InChI is InChI=1S/C17H23N3O4/c1-11-8-19(9-12(2)24-11)10-13-5-3-4-6-15(13)18-17(21)14-7-16(14)20(22)23/h3-6,11-12,14,16H,7-10H2,1-2H3,(H,18,21)/t11-,12-,14-,16+/m1/s1. The molecule has 1 saturated heterocycles. The van der Waals surface area contributed by atoms with Crippen LogP contribution < -0.4 is 5.32 Å². The predicted octanol–water partition coefficient (Wildman–Crippen LogP) is 1.90. The van der Waals surface area contributed by atoms with E-state index in [2.05, 4.69) is 24.1 Å². The SMILES string of the molecule is C[C@@H]1CN(Cc2ccccc2NC(=O)[C@@H]2C[C@@H]2[N+](=O)[O-])C[C@@H](C)O1. The topological polar surface area (TPSA) is 84.7 Å². The lowest BCUT2D eigenvalue weighted by molar-refractivity contribution is -0.497. The van der Waals surface area contributed by atoms with Crippen LogP contribution in [0.15, 0.2) is 24.3 Å². The summed E-state index contributed by atoms with van der Waals surface area (Å²) in [5, 5.41) is 13.6. The van der Waals surface area contributed by atoms with E-state index >= 15 is 0 Å². The summed E-state index contributed by atoms with van der Waals surface area (Å²) < 4.78 is 5.75. The van der Waals surface area contributed by atoms with E-state index < -0.39 is 12.0 Å². The van der Waals surface area contributed by atoms with Gasteiger partial charge < -0.3 is 10.1 Å². The predicted molar refractivity (Wildman–Crippen MR) is 89.2 cm³/mol. The third kappa shape index (κ3) is 3.91. The first-order chi connectivity index (χ1) is 11.4. The number of nitro groups is 1. The molecule has 1 saturated carbocycles. The monoisotopic (exact) mass is 333 g/mol. The van der Waals surface area contributed by atoms with E-state index in [0.717, 1.165) is 30.9 Å². The lowest BCUT2D eigenvalue weighted by atomic mass is 10.1. The van der Waals surface area contributed by atoms with Crippen LogP contribution in [-0.2, 0) is 16.1 Å². The Labute approximate surface area is 141 Å². The molecule has 1 N–H and O–H groups in total. The van der Waals surface area contributed by atoms with Crippen molar-refractivity contribution in [2.75, 3.05) is 18.4 Å². The highest BCUT2D eigenvalue weighted by molar-refractivity contribution is 5.95. The summed E-state index contributed by atoms with van der Waals surface area (Å²) in [4.78, 5) is 24.9. The van der Waals surface area contributed by atoms with Crippen molar-refractivity contribution in [1.29, 1.82) is 0 Å². The molecule has 0 radical (unpaired) electrons. The Morgan fingerprint density at radius 1 is 1.33 bits per heavy atom. The van der Waals surface area contributed by atoms with Crippen LogP contribution in [0, 0.1) is 16.0 Å². The Kier molecular flexibility index (Phi) is 4.82. The molecule has 0 unspecified atom stereocenters. The van der Waals surface area contributed by atoms with Gasteiger partial charge >= 0.3 is 0 Å². The summed E-state index contributed by atoms with van der Waals surface area (Å²) in [6.07, 6.45) is 0.699. The van der Waals surface area contributed by atoms with Crippen LogP contribution in [0.3, 0.4) is 0 Å². The molecule has 130 valence electrons. The van der Waals surface area contributed by atoms with Crippen LogP contribution in [0.25, 0.3) is 0 Å². The van der Waals surface area contributed by atoms with Gasteiger partial charge in [0.15, 0.2) is 0 Å². The van der Waals surface area contributed by atoms with Crippen molar-refractivity contribution >= 4 is 11.6 Å². The highest BCUT2D eigenvalue weighted by Crippen LogP contribution is 2.34. The van der Waals surface area contributed by atoms with Gasteiger partial charge in [-0.1, -0.05) is 18.2 Å². The van der Waals surface area contributed by atoms with Crippen molar-refractivity contribution in [3.05, 3.63) is 39.9 Å². The van der Waals surface area contributed by atoms with Crippen LogP contribution in [0.4, 0.5) is 5.69 Å². The van der Waals surface area contributed by atoms with Gasteiger partial charge in [0, 0.05) is 36.7 Å². The maximum absolute atomic E-state index is 12.2. The molecule has 4 atom stereocenters. The number of nitrogens with one attached hydrogen (secondary N) is 1. The minimum atomic E-state index is -0.724. The first-order valence-corrected chi connectivity index (χ1v) is 8.34. The van der Waals surface area contributed by atoms with Crippen molar-refractivity contribution in [2.24, 2.45) is 5.92 Å². The van der Waals surface area contributed by atoms with Gasteiger partial charge in [-0.2, -0.15) is 0 Å². The normalized spacial score (nSPS) is 29.9. The largest absolute Gasteiger partial charge is 0.373 e. The third-order valence-corrected chi connectivity index (χ3v) is 4.53. The molecular formula is C17H23N3O4. The number of hydrogen-bond acceptors (Lipinski definition) is 5. The molecule has 2 fully saturated rings. The molecule has 0 aromatic heterocycles. The lowest BCUT2D eigenvalue weighted by Crippen LogP contribution is -2.44. The molecule has 1 aliphatic heterocycles. The van der Waals surface area contributed by atoms with Gasteiger partial charge in [-0.15, -0.1) is 0 Å². The van der Waals surface area contributed by atoms with Crippen LogP contribution in [-0.4, -0.2) is 47.1 Å². The fourth-order valence-corrected chi connectivity index (χ4v) is 3.36. The number of carbonyl (C=O) groups excluding carboxylic acids is 1. The second kappa shape index (κ2) is 6.86. The van der Waals surface area contributed by atoms with E-state index in [1.807, 2.05) is 24.3 Å². The van der Waals surface area contributed by atoms with E-state index in [1.165, 1.54) is 0 Å². The van der Waals surface area contributed by atoms with Crippen LogP contribution in [0.5, 0.6) is 0 Å². The first kappa shape index (κ1) is 16.9. The Bertz CT molecular complexity index is 626. The van der Waals surface area contributed by atoms with E-state index in [1.54, 1.807) is 0 Å². The Balaban J connectivity index is 1.65. The Hall–Kier alpha value is -1.99. The van der Waals surface area contributed by atoms with Crippen molar-refractivity contribution in [3.8, 4) is 0 Å². The second-order valence-corrected chi connectivity index (χ2v) is 6.79. The van der Waals surface area contributed by atoms with Gasteiger partial charge in [0.05, 0.1) is 12.2 Å². The summed E-state index contributed by atoms with van der Waals surface area (Å²) in [6.45, 7) is 6.53. The minimum Gasteiger partial charge on any atom is -0.373 e. The number of anilines is 1. The summed E-state index contributed by atoms with van der Waals surface area (Å²) in [7, 11) is 0. The maximum Gasteiger partial charge on any atom is 0.234 e. The molecule has 2 aliphatic rings. The number of rotatable bonds is 5. The molecule has 1 aromatic rings. The van der Waals surface area contributed by atoms with Gasteiger partial charge in [-0.3, -0.25) is 19.8 Å². The van der Waals surface area contributed by atoms with E-state index in [9.17, 15) is 14.9 Å². The average molecular weight is 333 g/mol. The quantitative estimate of drug-likeness (QED) is 0.657. The molecule has 0 bridgehead atoms. The number of nitrogens with zero attached hydrogens (tertiary/aromatic N) is 2. The lowest BCUT2D eigenvalue weighted by Gasteiger charge is -2.35. The number of hydrogen-bond donors (Lipinski definition) is 1. The Morgan fingerprint density at radius 3 is 2.62 bits per heavy atom. The van der Waals surface area contributed by atoms with Gasteiger partial charge in [-0.25, -0.2) is 0 Å². The third-order valence-electron chi connectivity index (χ3n) is 4.53. The molecule has 1 amide bonds. The number of carbonyl (C=O) groups is 1. The van der Waals surface area contributed by atoms with Crippen LogP contribution >= 0.6 is 0 Å². The van der Waals surface area contributed by atoms with E-state index in [0.29, 0.717) is 6.42 Å². The van der Waals surface area contributed by atoms with Crippen molar-refractivity contribution in [3.63, 3.8) is 0 Å². The fraction of sp³-hybridized carbons (Fsp3) is 0.588. The maximum atomic E-state index is 12.2. The first-order valence-electron chi connectivity index (χ1n) is 8.34. The summed E-state index contributed by atoms with van der Waals surface area (Å²) in [6, 6.07) is 6.91. The van der Waals surface area contributed by atoms with Gasteiger partial charge in [-0.05, 0) is 25.5 Å². The van der Waals surface area contributed by atoms with Crippen LogP contribution in [0.1, 0.15) is 25.8 Å². The highest BCUT2D eigenvalue weighted by Gasteiger charge is 2.53. The van der Waals surface area contributed by atoms with Crippen molar-refractivity contribution in [2.45, 2.75) is 45.1 Å². The smallest absolute Gasteiger partial charge is 0.234 e. The number of benzene rings is 1. The molecule has 0 spiro atoms. The van der Waals surface area contributed by atoms with Gasteiger partial charge in [0.25, 0.3) is 0 Å². The molecule has 1 heterocycles. The molecule has 3 rings (SSSR count). The summed E-state index contributed by atoms with van der Waals surface area (Å²) >= 11 is 0. The number of para-hydroxylation sites is 1. The molecule has 1 aliphatic carbocycles. The molecule has 1 aromatic carbocycles. The number of ether oxygens (including phenoxy) is 1. The second-order valence-electron chi connectivity index (χ2n) is 6.79. The van der Waals surface area contributed by atoms with Gasteiger partial charge in [0.2, 0.25) is 11.9 Å². The zero-order valence-corrected chi connectivity index (χ0v) is 14.0. The molecule has 24 heavy (non-hydrogen) atoms. The Morgan fingerprint density at radius 2 is 2.00 bits per heavy atom. The van der Waals surface area contributed by atoms with E-state index in [-0.39, 0.29) is 23.0 Å². The zero-order chi connectivity index (χ0) is 17.3. The average Bonchev–Trinajstić information content (AvgIpc) is 3.29. The summed E-state index contributed by atoms with van der Waals surface area (Å²) in [5.41, 5.74) is 1.76. The fourth-order valence-electron chi connectivity index (χ4n) is 3.36. The van der Waals surface area contributed by atoms with Crippen LogP contribution in [0.2, 0.25) is 0 Å². The van der Waals surface area contributed by atoms with E-state index in [4.69, 9.17) is 4.74 Å². The van der Waals surface area contributed by atoms with Crippen molar-refractivity contribution in [1.82, 2.24) is 4.90 Å². The zero-order valence-electron chi connectivity index (χ0n) is 14.0. The highest BCUT2D eigenvalue weighted by atomic mass is 16.6. The minimum absolute atomic E-state index is 0.183. The summed E-state index contributed by atoms with van der Waals surface area (Å²) in [5.74, 6) is -0.760. The molecule has 7 nitrogen and oxygen atoms in total. The molecule has 7 heteroatoms. The number of amides is 1. The molecular weight excluding hydrogens is 310 g/mol.